The van der Waals surface area contributed by atoms with Crippen molar-refractivity contribution in [3.8, 4) is 0 Å². The molecule has 2 unspecified atom stereocenters. The normalized spacial score (nSPS) is 23.7. The fourth-order valence-corrected chi connectivity index (χ4v) is 4.67. The number of benzene rings is 1. The van der Waals surface area contributed by atoms with Crippen LogP contribution in [0.5, 0.6) is 0 Å². The topological polar surface area (TPSA) is 54.4 Å². The second kappa shape index (κ2) is 5.96. The Morgan fingerprint density at radius 1 is 1.29 bits per heavy atom. The van der Waals surface area contributed by atoms with Crippen LogP contribution in [0.4, 0.5) is 13.2 Å². The zero-order valence-electron chi connectivity index (χ0n) is 11.3. The van der Waals surface area contributed by atoms with Crippen molar-refractivity contribution in [2.24, 2.45) is 0 Å². The summed E-state index contributed by atoms with van der Waals surface area (Å²) in [4.78, 5) is 0. The molecular formula is C14H17F3O3S. The molecule has 0 bridgehead atoms. The Morgan fingerprint density at radius 2 is 2.00 bits per heavy atom. The number of hydrogen-bond donors (Lipinski definition) is 1. The Morgan fingerprint density at radius 3 is 2.62 bits per heavy atom. The fourth-order valence-electron chi connectivity index (χ4n) is 2.66. The number of aliphatic hydroxyl groups excluding tert-OH is 1. The summed E-state index contributed by atoms with van der Waals surface area (Å²) >= 11 is 0. The molecule has 0 amide bonds. The summed E-state index contributed by atoms with van der Waals surface area (Å²) in [7, 11) is -3.35. The molecule has 21 heavy (non-hydrogen) atoms. The van der Waals surface area contributed by atoms with Gasteiger partial charge >= 0.3 is 6.18 Å². The summed E-state index contributed by atoms with van der Waals surface area (Å²) in [5.74, 6) is 0.0390. The van der Waals surface area contributed by atoms with Gasteiger partial charge < -0.3 is 5.11 Å². The van der Waals surface area contributed by atoms with Crippen LogP contribution in [0, 0.1) is 0 Å². The van der Waals surface area contributed by atoms with Crippen molar-refractivity contribution in [1.82, 2.24) is 0 Å². The van der Waals surface area contributed by atoms with E-state index in [1.54, 1.807) is 0 Å². The molecule has 0 spiro atoms. The van der Waals surface area contributed by atoms with Crippen LogP contribution < -0.4 is 0 Å². The molecule has 0 saturated carbocycles. The minimum atomic E-state index is -4.45. The van der Waals surface area contributed by atoms with Crippen LogP contribution in [0.2, 0.25) is 0 Å². The highest BCUT2D eigenvalue weighted by Crippen LogP contribution is 2.30. The molecule has 0 radical (unpaired) electrons. The van der Waals surface area contributed by atoms with Crippen molar-refractivity contribution >= 4 is 9.84 Å². The van der Waals surface area contributed by atoms with E-state index in [1.165, 1.54) is 12.1 Å². The van der Waals surface area contributed by atoms with Gasteiger partial charge in [-0.3, -0.25) is 0 Å². The quantitative estimate of drug-likeness (QED) is 0.930. The van der Waals surface area contributed by atoms with Crippen LogP contribution in [-0.2, 0) is 22.4 Å². The summed E-state index contributed by atoms with van der Waals surface area (Å²) in [6, 6.07) is 4.64. The third-order valence-corrected chi connectivity index (χ3v) is 6.09. The average Bonchev–Trinajstić information content (AvgIpc) is 2.37. The molecule has 2 rings (SSSR count). The summed E-state index contributed by atoms with van der Waals surface area (Å²) in [6.45, 7) is 0. The number of hydrogen-bond acceptors (Lipinski definition) is 3. The number of halogens is 3. The highest BCUT2D eigenvalue weighted by Gasteiger charge is 2.35. The van der Waals surface area contributed by atoms with Crippen molar-refractivity contribution in [2.75, 3.05) is 5.75 Å². The Labute approximate surface area is 121 Å². The lowest BCUT2D eigenvalue weighted by Crippen LogP contribution is -2.39. The standard InChI is InChI=1S/C14H17F3O3S/c15-14(16,17)11-5-3-4-10(8-11)9-12(18)13-6-1-2-7-21(13,19)20/h3-5,8,12-13,18H,1-2,6-7,9H2. The minimum Gasteiger partial charge on any atom is -0.391 e. The van der Waals surface area contributed by atoms with Gasteiger partial charge in [0.15, 0.2) is 9.84 Å². The van der Waals surface area contributed by atoms with Crippen molar-refractivity contribution in [3.05, 3.63) is 35.4 Å². The van der Waals surface area contributed by atoms with E-state index in [1.807, 2.05) is 0 Å². The SMILES string of the molecule is O=S1(=O)CCCCC1C(O)Cc1cccc(C(F)(F)F)c1. The monoisotopic (exact) mass is 322 g/mol. The predicted molar refractivity (Wildman–Crippen MR) is 72.6 cm³/mol. The summed E-state index contributed by atoms with van der Waals surface area (Å²) in [5, 5.41) is 9.22. The van der Waals surface area contributed by atoms with E-state index >= 15 is 0 Å². The molecule has 1 heterocycles. The van der Waals surface area contributed by atoms with Crippen LogP contribution in [0.15, 0.2) is 24.3 Å². The predicted octanol–water partition coefficient (Wildman–Crippen LogP) is 2.58. The highest BCUT2D eigenvalue weighted by atomic mass is 32.2. The van der Waals surface area contributed by atoms with Crippen LogP contribution in [-0.4, -0.2) is 30.6 Å². The lowest BCUT2D eigenvalue weighted by atomic mass is 10.0. The van der Waals surface area contributed by atoms with Gasteiger partial charge in [0.25, 0.3) is 0 Å². The zero-order valence-corrected chi connectivity index (χ0v) is 12.1. The Balaban J connectivity index is 2.14. The number of rotatable bonds is 3. The van der Waals surface area contributed by atoms with Crippen LogP contribution >= 0.6 is 0 Å². The third-order valence-electron chi connectivity index (χ3n) is 3.76. The van der Waals surface area contributed by atoms with Gasteiger partial charge in [0.05, 0.1) is 22.7 Å². The average molecular weight is 322 g/mol. The molecule has 1 saturated heterocycles. The van der Waals surface area contributed by atoms with Gasteiger partial charge in [0.1, 0.15) is 0 Å². The van der Waals surface area contributed by atoms with E-state index in [0.29, 0.717) is 19.3 Å². The van der Waals surface area contributed by atoms with Gasteiger partial charge in [0, 0.05) is 0 Å². The zero-order chi connectivity index (χ0) is 15.7. The Hall–Kier alpha value is -1.08. The number of alkyl halides is 3. The number of sulfone groups is 1. The molecule has 1 fully saturated rings. The fraction of sp³-hybridized carbons (Fsp3) is 0.571. The third kappa shape index (κ3) is 3.97. The van der Waals surface area contributed by atoms with Gasteiger partial charge in [-0.1, -0.05) is 24.6 Å². The molecule has 1 aliphatic heterocycles. The first-order valence-electron chi connectivity index (χ1n) is 6.76. The molecule has 1 N–H and O–H groups in total. The van der Waals surface area contributed by atoms with Gasteiger partial charge in [0.2, 0.25) is 0 Å². The summed E-state index contributed by atoms with van der Waals surface area (Å²) in [5.41, 5.74) is -0.503. The molecule has 3 nitrogen and oxygen atoms in total. The molecule has 7 heteroatoms. The van der Waals surface area contributed by atoms with E-state index in [9.17, 15) is 26.7 Å². The van der Waals surface area contributed by atoms with E-state index in [4.69, 9.17) is 0 Å². The minimum absolute atomic E-state index is 0.0390. The van der Waals surface area contributed by atoms with Gasteiger partial charge in [-0.2, -0.15) is 13.2 Å². The lowest BCUT2D eigenvalue weighted by molar-refractivity contribution is -0.137. The first-order chi connectivity index (χ1) is 9.70. The summed E-state index contributed by atoms with van der Waals surface area (Å²) < 4.78 is 61.7. The molecule has 1 aromatic rings. The molecule has 118 valence electrons. The molecule has 0 aliphatic carbocycles. The maximum atomic E-state index is 12.6. The van der Waals surface area contributed by atoms with Gasteiger partial charge in [-0.25, -0.2) is 8.42 Å². The molecular weight excluding hydrogens is 305 g/mol. The highest BCUT2D eigenvalue weighted by molar-refractivity contribution is 7.92. The molecule has 0 aromatic heterocycles. The maximum Gasteiger partial charge on any atom is 0.416 e. The molecule has 1 aliphatic rings. The Kier molecular flexibility index (Phi) is 4.63. The maximum absolute atomic E-state index is 12.6. The molecule has 2 atom stereocenters. The molecule has 1 aromatic carbocycles. The smallest absolute Gasteiger partial charge is 0.391 e. The van der Waals surface area contributed by atoms with E-state index in [-0.39, 0.29) is 17.7 Å². The van der Waals surface area contributed by atoms with Crippen molar-refractivity contribution in [1.29, 1.82) is 0 Å². The van der Waals surface area contributed by atoms with Crippen LogP contribution in [0.25, 0.3) is 0 Å². The first kappa shape index (κ1) is 16.3. The van der Waals surface area contributed by atoms with Gasteiger partial charge in [-0.05, 0) is 30.9 Å². The first-order valence-corrected chi connectivity index (χ1v) is 8.47. The Bertz CT molecular complexity index is 596. The lowest BCUT2D eigenvalue weighted by Gasteiger charge is -2.26. The van der Waals surface area contributed by atoms with Crippen molar-refractivity contribution in [2.45, 2.75) is 43.2 Å². The second-order valence-electron chi connectivity index (χ2n) is 5.37. The van der Waals surface area contributed by atoms with Crippen LogP contribution in [0.3, 0.4) is 0 Å². The second-order valence-corrected chi connectivity index (χ2v) is 7.71. The van der Waals surface area contributed by atoms with E-state index in [0.717, 1.165) is 12.1 Å². The van der Waals surface area contributed by atoms with Crippen molar-refractivity contribution in [3.63, 3.8) is 0 Å². The summed E-state index contributed by atoms with van der Waals surface area (Å²) in [6.07, 6.45) is -4.05. The van der Waals surface area contributed by atoms with Gasteiger partial charge in [-0.15, -0.1) is 0 Å². The largest absolute Gasteiger partial charge is 0.416 e. The van der Waals surface area contributed by atoms with Crippen molar-refractivity contribution < 1.29 is 26.7 Å². The van der Waals surface area contributed by atoms with E-state index < -0.39 is 32.9 Å². The van der Waals surface area contributed by atoms with E-state index in [2.05, 4.69) is 0 Å². The number of aliphatic hydroxyl groups is 1. The van der Waals surface area contributed by atoms with Crippen LogP contribution in [0.1, 0.15) is 30.4 Å².